The number of fused-ring (bicyclic) bond motifs is 7. The molecular formula is C40H23N2O6+. The molecule has 0 aromatic heterocycles. The zero-order valence-corrected chi connectivity index (χ0v) is 25.0. The molecule has 4 aliphatic rings. The van der Waals surface area contributed by atoms with Crippen LogP contribution in [0.2, 0.25) is 2.82 Å². The first-order valence-corrected chi connectivity index (χ1v) is 15.3. The van der Waals surface area contributed by atoms with Gasteiger partial charge in [0, 0.05) is 33.9 Å². The van der Waals surface area contributed by atoms with Crippen LogP contribution in [0.25, 0.3) is 0 Å². The number of ketones is 4. The minimum Gasteiger partial charge on any atom is -0.457 e. The van der Waals surface area contributed by atoms with E-state index in [-0.39, 0.29) is 73.1 Å². The first kappa shape index (κ1) is 25.5. The molecule has 2 N–H and O–H groups in total. The lowest BCUT2D eigenvalue weighted by atomic mass is 9.76. The van der Waals surface area contributed by atoms with E-state index in [1.807, 2.05) is 12.1 Å². The predicted molar refractivity (Wildman–Crippen MR) is 177 cm³/mol. The standard InChI is InChI=1S/C40H22N2O6/c43-37-25-17-19-27-35(33(25)39(45)23-13-7-15-29(31(23)37)47-21-9-3-1-4-10-21)41-28-20-18-26-34(36(28)42-27)40(46)24-14-8-16-30(32(24)38(26)44)48-22-11-5-2-6-12-22/h1-20,35,41H/p+1/i/hD2. The molecule has 0 saturated heterocycles. The fraction of sp³-hybridized carbons (Fsp3) is 0.0250. The summed E-state index contributed by atoms with van der Waals surface area (Å²) in [6.45, 7) is 0. The van der Waals surface area contributed by atoms with Crippen molar-refractivity contribution >= 4 is 40.2 Å². The Morgan fingerprint density at radius 3 is 1.79 bits per heavy atom. The second kappa shape index (κ2) is 10.4. The van der Waals surface area contributed by atoms with Crippen molar-refractivity contribution in [2.45, 2.75) is 6.04 Å². The first-order chi connectivity index (χ1) is 24.3. The van der Waals surface area contributed by atoms with Gasteiger partial charge in [-0.1, -0.05) is 60.7 Å². The number of allylic oxidation sites excluding steroid dienone is 2. The molecule has 9 rings (SSSR count). The van der Waals surface area contributed by atoms with Gasteiger partial charge in [0.25, 0.3) is 0 Å². The number of para-hydroxylation sites is 2. The number of nitrogens with one attached hydrogen (secondary N) is 2. The van der Waals surface area contributed by atoms with Crippen molar-refractivity contribution in [2.75, 3.05) is 5.31 Å². The van der Waals surface area contributed by atoms with Gasteiger partial charge in [0.2, 0.25) is 17.2 Å². The van der Waals surface area contributed by atoms with Gasteiger partial charge in [0.05, 0.1) is 11.1 Å². The molecule has 5 aromatic rings. The number of ether oxygens (including phenoxy) is 2. The number of carbonyl (C=O) groups is 4. The van der Waals surface area contributed by atoms with E-state index in [4.69, 9.17) is 9.47 Å². The molecule has 0 amide bonds. The van der Waals surface area contributed by atoms with Crippen LogP contribution in [-0.4, -0.2) is 34.9 Å². The lowest BCUT2D eigenvalue weighted by Crippen LogP contribution is -2.74. The van der Waals surface area contributed by atoms with E-state index >= 15 is 0 Å². The summed E-state index contributed by atoms with van der Waals surface area (Å²) in [5.41, 5.74) is 0.995. The van der Waals surface area contributed by atoms with Gasteiger partial charge in [-0.3, -0.25) is 19.2 Å². The predicted octanol–water partition coefficient (Wildman–Crippen LogP) is 5.94. The lowest BCUT2D eigenvalue weighted by Gasteiger charge is -2.31. The Morgan fingerprint density at radius 2 is 1.15 bits per heavy atom. The smallest absolute Gasteiger partial charge is 0.454 e. The molecule has 0 fully saturated rings. The van der Waals surface area contributed by atoms with Gasteiger partial charge in [0.15, 0.2) is 18.8 Å². The van der Waals surface area contributed by atoms with Gasteiger partial charge in [-0.2, -0.15) is 0 Å². The van der Waals surface area contributed by atoms with Gasteiger partial charge in [-0.25, -0.2) is 4.99 Å². The van der Waals surface area contributed by atoms with Gasteiger partial charge < -0.3 is 14.8 Å². The Labute approximate surface area is 276 Å². The highest BCUT2D eigenvalue weighted by atomic mass is 16.5. The van der Waals surface area contributed by atoms with Crippen LogP contribution in [0.3, 0.4) is 0 Å². The van der Waals surface area contributed by atoms with Crippen molar-refractivity contribution in [3.8, 4) is 23.0 Å². The number of carbonyl (C=O) groups excluding carboxylic acids is 4. The largest absolute Gasteiger partial charge is 0.457 e. The average Bonchev–Trinajstić information content (AvgIpc) is 3.14. The van der Waals surface area contributed by atoms with Gasteiger partial charge in [-0.15, -0.1) is 0 Å². The molecule has 0 bridgehead atoms. The molecule has 1 atom stereocenters. The third kappa shape index (κ3) is 4.06. The first-order valence-electron chi connectivity index (χ1n) is 16.2. The van der Waals surface area contributed by atoms with Crippen molar-refractivity contribution in [2.24, 2.45) is 0 Å². The van der Waals surface area contributed by atoms with Crippen molar-refractivity contribution in [1.82, 2.24) is 0 Å². The number of benzene rings is 5. The van der Waals surface area contributed by atoms with E-state index in [9.17, 15) is 22.0 Å². The summed E-state index contributed by atoms with van der Waals surface area (Å²) in [5, 5.41) is 1.04. The lowest BCUT2D eigenvalue weighted by molar-refractivity contribution is -0.355. The fourth-order valence-electron chi connectivity index (χ4n) is 6.66. The molecule has 0 radical (unpaired) electrons. The Balaban J connectivity index is 1.14. The fourth-order valence-corrected chi connectivity index (χ4v) is 6.66. The molecular weight excluding hydrogens is 604 g/mol. The van der Waals surface area contributed by atoms with Crippen LogP contribution in [0.4, 0.5) is 11.4 Å². The zero-order valence-electron chi connectivity index (χ0n) is 27.0. The molecule has 228 valence electrons. The van der Waals surface area contributed by atoms with E-state index in [2.05, 4.69) is 0 Å². The van der Waals surface area contributed by atoms with E-state index in [1.165, 1.54) is 24.3 Å². The average molecular weight is 630 g/mol. The third-order valence-corrected chi connectivity index (χ3v) is 8.83. The minimum absolute atomic E-state index is 0.0256. The van der Waals surface area contributed by atoms with Gasteiger partial charge >= 0.3 is 1.41 Å². The number of hydrogen-bond donors (Lipinski definition) is 2. The summed E-state index contributed by atoms with van der Waals surface area (Å²) in [6.07, 6.45) is 2.97. The van der Waals surface area contributed by atoms with Crippen molar-refractivity contribution in [3.05, 3.63) is 166 Å². The van der Waals surface area contributed by atoms with Gasteiger partial charge in [-0.05, 0) is 54.6 Å². The van der Waals surface area contributed by atoms with Crippen molar-refractivity contribution in [3.63, 3.8) is 0 Å². The number of Topliss-reactive ketones (excluding diaryl/α,β-unsaturated/α-hetero) is 2. The number of anilines is 1. The maximum absolute atomic E-state index is 14.2. The van der Waals surface area contributed by atoms with Crippen LogP contribution in [0.1, 0.15) is 52.6 Å². The topological polar surface area (TPSA) is 113 Å². The molecule has 1 unspecified atom stereocenters. The number of rotatable bonds is 4. The van der Waals surface area contributed by atoms with Crippen LogP contribution < -0.4 is 19.8 Å². The van der Waals surface area contributed by atoms with Crippen LogP contribution in [-0.2, 0) is 0 Å². The summed E-state index contributed by atoms with van der Waals surface area (Å²) in [5.74, 6) is -0.419. The van der Waals surface area contributed by atoms with Crippen LogP contribution in [0.15, 0.2) is 132 Å². The molecule has 48 heavy (non-hydrogen) atoms. The summed E-state index contributed by atoms with van der Waals surface area (Å²) < 4.78 is 30.6. The Kier molecular flexibility index (Phi) is 5.55. The van der Waals surface area contributed by atoms with Crippen LogP contribution in [0.5, 0.6) is 23.0 Å². The minimum atomic E-state index is -1.14. The Bertz CT molecular complexity index is 2490. The summed E-state index contributed by atoms with van der Waals surface area (Å²) >= 11 is 0. The van der Waals surface area contributed by atoms with E-state index in [1.54, 1.807) is 84.9 Å². The molecule has 5 aromatic carbocycles. The molecule has 0 saturated carbocycles. The zero-order chi connectivity index (χ0) is 34.3. The Hall–Kier alpha value is -6.67. The SMILES string of the molecule is [2H]N1c2ccc3c(c2[N+]([2H])=C2C=CC4=C(C(=O)c5cccc(Oc6ccccc6)c5C4=O)C21)C(=O)c1cccc(Oc2ccccc2)c1C3=O. The van der Waals surface area contributed by atoms with E-state index in [0.717, 1.165) is 10.3 Å². The summed E-state index contributed by atoms with van der Waals surface area (Å²) in [7, 11) is 0. The second-order valence-corrected chi connectivity index (χ2v) is 11.6. The monoisotopic (exact) mass is 629 g/mol. The highest BCUT2D eigenvalue weighted by molar-refractivity contribution is 6.34. The van der Waals surface area contributed by atoms with Crippen LogP contribution >= 0.6 is 0 Å². The normalized spacial score (nSPS) is 17.8. The maximum Gasteiger partial charge on any atom is 0.454 e. The highest BCUT2D eigenvalue weighted by Gasteiger charge is 2.46. The number of hydrogen-bond acceptors (Lipinski definition) is 7. The second-order valence-electron chi connectivity index (χ2n) is 11.6. The molecule has 3 aliphatic carbocycles. The highest BCUT2D eigenvalue weighted by Crippen LogP contribution is 2.42. The van der Waals surface area contributed by atoms with Crippen LogP contribution in [0, 0.1) is 0 Å². The maximum atomic E-state index is 14.2. The van der Waals surface area contributed by atoms with Crippen molar-refractivity contribution < 1.29 is 36.5 Å². The van der Waals surface area contributed by atoms with Crippen molar-refractivity contribution in [1.29, 1.82) is 0 Å². The Morgan fingerprint density at radius 1 is 0.583 bits per heavy atom. The summed E-state index contributed by atoms with van der Waals surface area (Å²) in [6, 6.07) is 29.2. The third-order valence-electron chi connectivity index (χ3n) is 8.83. The van der Waals surface area contributed by atoms with Gasteiger partial charge in [0.1, 0.15) is 40.3 Å². The molecule has 1 aliphatic heterocycles. The summed E-state index contributed by atoms with van der Waals surface area (Å²) in [4.78, 5) is 57.6. The van der Waals surface area contributed by atoms with E-state index < -0.39 is 29.2 Å². The molecule has 0 spiro atoms. The van der Waals surface area contributed by atoms with E-state index in [0.29, 0.717) is 11.5 Å². The molecule has 1 heterocycles. The molecule has 8 nitrogen and oxygen atoms in total. The quantitative estimate of drug-likeness (QED) is 0.248. The molecule has 8 heteroatoms.